The molecular formula is C12H10IN3O. The van der Waals surface area contributed by atoms with E-state index in [1.54, 1.807) is 18.3 Å². The van der Waals surface area contributed by atoms with E-state index in [2.05, 4.69) is 38.1 Å². The molecule has 0 aliphatic heterocycles. The number of carbonyl (C=O) groups excluding carboxylic acids is 1. The van der Waals surface area contributed by atoms with E-state index in [0.29, 0.717) is 12.1 Å². The van der Waals surface area contributed by atoms with Crippen molar-refractivity contribution in [3.05, 3.63) is 57.4 Å². The Bertz CT molecular complexity index is 516. The highest BCUT2D eigenvalue weighted by atomic mass is 127. The van der Waals surface area contributed by atoms with Crippen LogP contribution in [0.15, 0.2) is 42.6 Å². The summed E-state index contributed by atoms with van der Waals surface area (Å²) in [5.74, 6) is -0.0966. The van der Waals surface area contributed by atoms with Gasteiger partial charge in [0, 0.05) is 9.77 Å². The van der Waals surface area contributed by atoms with Gasteiger partial charge in [0.15, 0.2) is 0 Å². The SMILES string of the molecule is O=C(NCc1cccnn1)c1ccccc1I. The van der Waals surface area contributed by atoms with Crippen LogP contribution in [-0.2, 0) is 6.54 Å². The molecule has 0 saturated carbocycles. The van der Waals surface area contributed by atoms with Crippen LogP contribution in [-0.4, -0.2) is 16.1 Å². The second kappa shape index (κ2) is 5.72. The predicted molar refractivity (Wildman–Crippen MR) is 72.4 cm³/mol. The Morgan fingerprint density at radius 1 is 1.24 bits per heavy atom. The van der Waals surface area contributed by atoms with Gasteiger partial charge < -0.3 is 5.32 Å². The van der Waals surface area contributed by atoms with Crippen LogP contribution in [0.2, 0.25) is 0 Å². The molecule has 0 unspecified atom stereocenters. The third kappa shape index (κ3) is 3.23. The number of halogens is 1. The highest BCUT2D eigenvalue weighted by Crippen LogP contribution is 2.11. The molecule has 0 spiro atoms. The van der Waals surface area contributed by atoms with Crippen molar-refractivity contribution in [1.29, 1.82) is 0 Å². The van der Waals surface area contributed by atoms with Crippen LogP contribution in [0, 0.1) is 3.57 Å². The average molecular weight is 339 g/mol. The number of benzene rings is 1. The maximum atomic E-state index is 11.9. The molecule has 0 aliphatic carbocycles. The van der Waals surface area contributed by atoms with Gasteiger partial charge in [0.1, 0.15) is 0 Å². The molecular weight excluding hydrogens is 329 g/mol. The molecule has 5 heteroatoms. The van der Waals surface area contributed by atoms with Crippen LogP contribution >= 0.6 is 22.6 Å². The van der Waals surface area contributed by atoms with E-state index in [9.17, 15) is 4.79 Å². The normalized spacial score (nSPS) is 9.94. The molecule has 1 aromatic carbocycles. The van der Waals surface area contributed by atoms with Crippen molar-refractivity contribution < 1.29 is 4.79 Å². The third-order valence-corrected chi connectivity index (χ3v) is 3.12. The quantitative estimate of drug-likeness (QED) is 0.871. The fraction of sp³-hybridized carbons (Fsp3) is 0.0833. The predicted octanol–water partition coefficient (Wildman–Crippen LogP) is 2.01. The largest absolute Gasteiger partial charge is 0.346 e. The molecule has 1 aromatic heterocycles. The second-order valence-electron chi connectivity index (χ2n) is 3.38. The molecule has 2 rings (SSSR count). The molecule has 1 N–H and O–H groups in total. The maximum absolute atomic E-state index is 11.9. The monoisotopic (exact) mass is 339 g/mol. The highest BCUT2D eigenvalue weighted by Gasteiger charge is 2.08. The standard InChI is InChI=1S/C12H10IN3O/c13-11-6-2-1-5-10(11)12(17)14-8-9-4-3-7-15-16-9/h1-7H,8H2,(H,14,17). The zero-order valence-electron chi connectivity index (χ0n) is 8.93. The van der Waals surface area contributed by atoms with Gasteiger partial charge in [-0.05, 0) is 46.9 Å². The van der Waals surface area contributed by atoms with Crippen molar-refractivity contribution in [2.24, 2.45) is 0 Å². The zero-order valence-corrected chi connectivity index (χ0v) is 11.1. The first-order chi connectivity index (χ1) is 8.27. The van der Waals surface area contributed by atoms with Gasteiger partial charge in [-0.15, -0.1) is 0 Å². The Hall–Kier alpha value is -1.50. The molecule has 1 heterocycles. The Kier molecular flexibility index (Phi) is 4.03. The van der Waals surface area contributed by atoms with Gasteiger partial charge in [-0.1, -0.05) is 12.1 Å². The number of amides is 1. The van der Waals surface area contributed by atoms with E-state index in [0.717, 1.165) is 9.26 Å². The first-order valence-corrected chi connectivity index (χ1v) is 6.14. The molecule has 0 saturated heterocycles. The Morgan fingerprint density at radius 3 is 2.76 bits per heavy atom. The van der Waals surface area contributed by atoms with Gasteiger partial charge in [-0.25, -0.2) is 0 Å². The Balaban J connectivity index is 2.01. The molecule has 4 nitrogen and oxygen atoms in total. The van der Waals surface area contributed by atoms with Crippen molar-refractivity contribution >= 4 is 28.5 Å². The minimum absolute atomic E-state index is 0.0966. The van der Waals surface area contributed by atoms with E-state index in [1.165, 1.54) is 0 Å². The fourth-order valence-electron chi connectivity index (χ4n) is 1.34. The fourth-order valence-corrected chi connectivity index (χ4v) is 1.97. The Morgan fingerprint density at radius 2 is 2.06 bits per heavy atom. The molecule has 0 bridgehead atoms. The average Bonchev–Trinajstić information content (AvgIpc) is 2.38. The van der Waals surface area contributed by atoms with E-state index in [-0.39, 0.29) is 5.91 Å². The summed E-state index contributed by atoms with van der Waals surface area (Å²) in [6.45, 7) is 0.387. The summed E-state index contributed by atoms with van der Waals surface area (Å²) >= 11 is 2.14. The number of carbonyl (C=O) groups is 1. The van der Waals surface area contributed by atoms with Crippen LogP contribution in [0.1, 0.15) is 16.1 Å². The van der Waals surface area contributed by atoms with Crippen molar-refractivity contribution in [3.8, 4) is 0 Å². The van der Waals surface area contributed by atoms with Crippen molar-refractivity contribution in [1.82, 2.24) is 15.5 Å². The molecule has 0 radical (unpaired) electrons. The Labute approximate surface area is 113 Å². The summed E-state index contributed by atoms with van der Waals surface area (Å²) in [4.78, 5) is 11.9. The minimum atomic E-state index is -0.0966. The van der Waals surface area contributed by atoms with E-state index in [1.807, 2.05) is 24.3 Å². The van der Waals surface area contributed by atoms with Gasteiger partial charge in [-0.2, -0.15) is 10.2 Å². The highest BCUT2D eigenvalue weighted by molar-refractivity contribution is 14.1. The van der Waals surface area contributed by atoms with E-state index < -0.39 is 0 Å². The molecule has 2 aromatic rings. The lowest BCUT2D eigenvalue weighted by atomic mass is 10.2. The summed E-state index contributed by atoms with van der Waals surface area (Å²) in [6, 6.07) is 11.1. The second-order valence-corrected chi connectivity index (χ2v) is 4.54. The number of nitrogens with one attached hydrogen (secondary N) is 1. The third-order valence-electron chi connectivity index (χ3n) is 2.18. The van der Waals surface area contributed by atoms with Crippen molar-refractivity contribution in [2.75, 3.05) is 0 Å². The number of hydrogen-bond donors (Lipinski definition) is 1. The topological polar surface area (TPSA) is 54.9 Å². The first-order valence-electron chi connectivity index (χ1n) is 5.06. The number of hydrogen-bond acceptors (Lipinski definition) is 3. The van der Waals surface area contributed by atoms with Gasteiger partial charge in [0.2, 0.25) is 0 Å². The van der Waals surface area contributed by atoms with Crippen LogP contribution in [0.4, 0.5) is 0 Å². The number of nitrogens with zero attached hydrogens (tertiary/aromatic N) is 2. The number of rotatable bonds is 3. The van der Waals surface area contributed by atoms with Crippen LogP contribution < -0.4 is 5.32 Å². The van der Waals surface area contributed by atoms with Crippen molar-refractivity contribution in [3.63, 3.8) is 0 Å². The molecule has 0 aliphatic rings. The lowest BCUT2D eigenvalue weighted by Gasteiger charge is -2.05. The van der Waals surface area contributed by atoms with Crippen LogP contribution in [0.5, 0.6) is 0 Å². The van der Waals surface area contributed by atoms with Crippen LogP contribution in [0.3, 0.4) is 0 Å². The van der Waals surface area contributed by atoms with Crippen molar-refractivity contribution in [2.45, 2.75) is 6.54 Å². The summed E-state index contributed by atoms with van der Waals surface area (Å²) in [5, 5.41) is 10.5. The molecule has 1 amide bonds. The zero-order chi connectivity index (χ0) is 12.1. The molecule has 0 atom stereocenters. The van der Waals surface area contributed by atoms with Gasteiger partial charge in [0.05, 0.1) is 17.8 Å². The summed E-state index contributed by atoms with van der Waals surface area (Å²) in [6.07, 6.45) is 1.60. The van der Waals surface area contributed by atoms with Gasteiger partial charge in [0.25, 0.3) is 5.91 Å². The summed E-state index contributed by atoms with van der Waals surface area (Å²) < 4.78 is 0.932. The lowest BCUT2D eigenvalue weighted by molar-refractivity contribution is 0.0949. The maximum Gasteiger partial charge on any atom is 0.252 e. The molecule has 86 valence electrons. The van der Waals surface area contributed by atoms with Gasteiger partial charge in [-0.3, -0.25) is 4.79 Å². The van der Waals surface area contributed by atoms with Gasteiger partial charge >= 0.3 is 0 Å². The number of aromatic nitrogens is 2. The molecule has 17 heavy (non-hydrogen) atoms. The first kappa shape index (κ1) is 12.0. The van der Waals surface area contributed by atoms with Crippen LogP contribution in [0.25, 0.3) is 0 Å². The minimum Gasteiger partial charge on any atom is -0.346 e. The van der Waals surface area contributed by atoms with E-state index >= 15 is 0 Å². The molecule has 0 fully saturated rings. The summed E-state index contributed by atoms with van der Waals surface area (Å²) in [5.41, 5.74) is 1.42. The smallest absolute Gasteiger partial charge is 0.252 e. The lowest BCUT2D eigenvalue weighted by Crippen LogP contribution is -2.24. The van der Waals surface area contributed by atoms with E-state index in [4.69, 9.17) is 0 Å². The summed E-state index contributed by atoms with van der Waals surface area (Å²) in [7, 11) is 0.